The maximum atomic E-state index is 6.55. The van der Waals surface area contributed by atoms with Crippen molar-refractivity contribution in [1.82, 2.24) is 5.32 Å². The lowest BCUT2D eigenvalue weighted by molar-refractivity contribution is 0.342. The Labute approximate surface area is 127 Å². The van der Waals surface area contributed by atoms with Crippen molar-refractivity contribution >= 4 is 17.3 Å². The number of hydrogen-bond acceptors (Lipinski definition) is 2. The number of halogens is 1. The van der Waals surface area contributed by atoms with Gasteiger partial charge < -0.3 is 10.2 Å². The summed E-state index contributed by atoms with van der Waals surface area (Å²) in [6, 6.07) is 7.32. The molecule has 0 radical (unpaired) electrons. The van der Waals surface area contributed by atoms with Crippen LogP contribution in [0.5, 0.6) is 0 Å². The molecule has 2 fully saturated rings. The molecule has 1 saturated heterocycles. The molecular formula is C17H25ClN2. The van der Waals surface area contributed by atoms with Gasteiger partial charge in [0, 0.05) is 19.1 Å². The first kappa shape index (κ1) is 14.2. The third-order valence-corrected chi connectivity index (χ3v) is 5.21. The topological polar surface area (TPSA) is 15.3 Å². The second-order valence-corrected chi connectivity index (χ2v) is 6.57. The molecule has 1 aliphatic heterocycles. The first-order chi connectivity index (χ1) is 9.79. The number of rotatable bonds is 4. The zero-order valence-corrected chi connectivity index (χ0v) is 13.1. The van der Waals surface area contributed by atoms with Gasteiger partial charge in [-0.05, 0) is 49.4 Å². The van der Waals surface area contributed by atoms with Gasteiger partial charge in [-0.3, -0.25) is 0 Å². The Balaban J connectivity index is 1.76. The second kappa shape index (κ2) is 6.36. The molecule has 0 spiro atoms. The third-order valence-electron chi connectivity index (χ3n) is 4.91. The molecule has 2 nitrogen and oxygen atoms in total. The molecule has 20 heavy (non-hydrogen) atoms. The van der Waals surface area contributed by atoms with Crippen molar-refractivity contribution in [2.45, 2.75) is 51.6 Å². The highest BCUT2D eigenvalue weighted by Crippen LogP contribution is 2.41. The summed E-state index contributed by atoms with van der Waals surface area (Å²) in [6.07, 6.45) is 6.91. The van der Waals surface area contributed by atoms with Crippen LogP contribution in [0.4, 0.5) is 5.69 Å². The zero-order chi connectivity index (χ0) is 13.9. The first-order valence-corrected chi connectivity index (χ1v) is 8.43. The van der Waals surface area contributed by atoms with Crippen LogP contribution in [0.3, 0.4) is 0 Å². The Morgan fingerprint density at radius 1 is 1.25 bits per heavy atom. The molecule has 3 rings (SSSR count). The Kier molecular flexibility index (Phi) is 4.52. The average molecular weight is 293 g/mol. The van der Waals surface area contributed by atoms with Crippen LogP contribution in [0.25, 0.3) is 0 Å². The van der Waals surface area contributed by atoms with Gasteiger partial charge in [0.25, 0.3) is 0 Å². The van der Waals surface area contributed by atoms with Crippen LogP contribution >= 0.6 is 11.6 Å². The largest absolute Gasteiger partial charge is 0.367 e. The molecule has 2 aliphatic rings. The Bertz CT molecular complexity index is 460. The molecule has 1 aromatic carbocycles. The molecule has 1 saturated carbocycles. The lowest BCUT2D eigenvalue weighted by Crippen LogP contribution is -2.34. The van der Waals surface area contributed by atoms with Gasteiger partial charge in [0.15, 0.2) is 0 Å². The van der Waals surface area contributed by atoms with Gasteiger partial charge >= 0.3 is 0 Å². The summed E-state index contributed by atoms with van der Waals surface area (Å²) in [4.78, 5) is 2.57. The lowest BCUT2D eigenvalue weighted by Gasteiger charge is -2.33. The van der Waals surface area contributed by atoms with Crippen LogP contribution in [-0.2, 0) is 6.54 Å². The maximum absolute atomic E-state index is 6.55. The standard InChI is InChI=1S/C17H25ClN2/c1-2-19-12-13-7-8-17(15(18)11-13)20-10-9-14-5-3-4-6-16(14)20/h7-8,11,14,16,19H,2-6,9-10,12H2,1H3. The Morgan fingerprint density at radius 2 is 2.10 bits per heavy atom. The van der Waals surface area contributed by atoms with Crippen LogP contribution in [0, 0.1) is 5.92 Å². The van der Waals surface area contributed by atoms with E-state index in [9.17, 15) is 0 Å². The number of nitrogens with zero attached hydrogens (tertiary/aromatic N) is 1. The van der Waals surface area contributed by atoms with E-state index in [0.29, 0.717) is 0 Å². The maximum Gasteiger partial charge on any atom is 0.0642 e. The molecule has 2 atom stereocenters. The summed E-state index contributed by atoms with van der Waals surface area (Å²) < 4.78 is 0. The third kappa shape index (κ3) is 2.82. The van der Waals surface area contributed by atoms with E-state index >= 15 is 0 Å². The van der Waals surface area contributed by atoms with Gasteiger partial charge in [-0.2, -0.15) is 0 Å². The van der Waals surface area contributed by atoms with Gasteiger partial charge in [-0.25, -0.2) is 0 Å². The summed E-state index contributed by atoms with van der Waals surface area (Å²) in [5.74, 6) is 0.904. The summed E-state index contributed by atoms with van der Waals surface area (Å²) in [5.41, 5.74) is 2.53. The molecule has 2 unspecified atom stereocenters. The normalized spacial score (nSPS) is 25.8. The van der Waals surface area contributed by atoms with Crippen molar-refractivity contribution in [2.75, 3.05) is 18.0 Å². The molecule has 1 aliphatic carbocycles. The minimum absolute atomic E-state index is 0.737. The van der Waals surface area contributed by atoms with Gasteiger partial charge in [0.05, 0.1) is 10.7 Å². The molecule has 0 bridgehead atoms. The molecule has 0 aromatic heterocycles. The number of anilines is 1. The summed E-state index contributed by atoms with van der Waals surface area (Å²) >= 11 is 6.55. The van der Waals surface area contributed by atoms with Crippen LogP contribution in [0.2, 0.25) is 5.02 Å². The highest BCUT2D eigenvalue weighted by molar-refractivity contribution is 6.33. The Morgan fingerprint density at radius 3 is 2.90 bits per heavy atom. The zero-order valence-electron chi connectivity index (χ0n) is 12.4. The van der Waals surface area contributed by atoms with E-state index < -0.39 is 0 Å². The summed E-state index contributed by atoms with van der Waals surface area (Å²) in [6.45, 7) is 5.21. The fourth-order valence-corrected chi connectivity index (χ4v) is 4.18. The molecule has 3 heteroatoms. The highest BCUT2D eigenvalue weighted by atomic mass is 35.5. The van der Waals surface area contributed by atoms with Crippen molar-refractivity contribution in [3.8, 4) is 0 Å². The minimum atomic E-state index is 0.737. The molecule has 1 heterocycles. The predicted octanol–water partition coefficient (Wildman–Crippen LogP) is 4.22. The summed E-state index contributed by atoms with van der Waals surface area (Å²) in [7, 11) is 0. The number of hydrogen-bond donors (Lipinski definition) is 1. The van der Waals surface area contributed by atoms with Crippen LogP contribution in [0.1, 0.15) is 44.6 Å². The molecule has 0 amide bonds. The molecule has 110 valence electrons. The fourth-order valence-electron chi connectivity index (χ4n) is 3.87. The van der Waals surface area contributed by atoms with E-state index in [1.54, 1.807) is 0 Å². The van der Waals surface area contributed by atoms with Crippen molar-refractivity contribution in [3.05, 3.63) is 28.8 Å². The fraction of sp³-hybridized carbons (Fsp3) is 0.647. The Hall–Kier alpha value is -0.730. The van der Waals surface area contributed by atoms with Gasteiger partial charge in [-0.15, -0.1) is 0 Å². The van der Waals surface area contributed by atoms with E-state index in [2.05, 4.69) is 35.3 Å². The van der Waals surface area contributed by atoms with Crippen molar-refractivity contribution in [3.63, 3.8) is 0 Å². The first-order valence-electron chi connectivity index (χ1n) is 8.05. The van der Waals surface area contributed by atoms with Crippen LogP contribution in [0.15, 0.2) is 18.2 Å². The van der Waals surface area contributed by atoms with Crippen molar-refractivity contribution in [1.29, 1.82) is 0 Å². The van der Waals surface area contributed by atoms with Crippen LogP contribution < -0.4 is 10.2 Å². The second-order valence-electron chi connectivity index (χ2n) is 6.16. The van der Waals surface area contributed by atoms with E-state index in [4.69, 9.17) is 11.6 Å². The van der Waals surface area contributed by atoms with Crippen molar-refractivity contribution in [2.24, 2.45) is 5.92 Å². The van der Waals surface area contributed by atoms with Gasteiger partial charge in [-0.1, -0.05) is 37.4 Å². The quantitative estimate of drug-likeness (QED) is 0.894. The number of benzene rings is 1. The smallest absolute Gasteiger partial charge is 0.0642 e. The van der Waals surface area contributed by atoms with E-state index in [1.165, 1.54) is 49.9 Å². The average Bonchev–Trinajstić information content (AvgIpc) is 2.89. The van der Waals surface area contributed by atoms with Crippen molar-refractivity contribution < 1.29 is 0 Å². The number of fused-ring (bicyclic) bond motifs is 1. The lowest BCUT2D eigenvalue weighted by atomic mass is 9.85. The SMILES string of the molecule is CCNCc1ccc(N2CCC3CCCCC32)c(Cl)c1. The van der Waals surface area contributed by atoms with Gasteiger partial charge in [0.1, 0.15) is 0 Å². The molecular weight excluding hydrogens is 268 g/mol. The van der Waals surface area contributed by atoms with Gasteiger partial charge in [0.2, 0.25) is 0 Å². The van der Waals surface area contributed by atoms with E-state index in [-0.39, 0.29) is 0 Å². The van der Waals surface area contributed by atoms with E-state index in [0.717, 1.165) is 30.1 Å². The monoisotopic (exact) mass is 292 g/mol. The molecule has 1 aromatic rings. The molecule has 1 N–H and O–H groups in total. The van der Waals surface area contributed by atoms with Crippen LogP contribution in [-0.4, -0.2) is 19.1 Å². The summed E-state index contributed by atoms with van der Waals surface area (Å²) in [5, 5.41) is 4.28. The van der Waals surface area contributed by atoms with E-state index in [1.807, 2.05) is 0 Å². The predicted molar refractivity (Wildman–Crippen MR) is 86.5 cm³/mol. The highest BCUT2D eigenvalue weighted by Gasteiger charge is 2.36. The minimum Gasteiger partial charge on any atom is -0.367 e. The number of nitrogens with one attached hydrogen (secondary N) is 1.